The summed E-state index contributed by atoms with van der Waals surface area (Å²) in [7, 11) is 1.63. The molecule has 0 spiro atoms. The van der Waals surface area contributed by atoms with Crippen molar-refractivity contribution in [2.75, 3.05) is 20.2 Å². The fourth-order valence-electron chi connectivity index (χ4n) is 1.39. The molecule has 0 aliphatic heterocycles. The fourth-order valence-corrected chi connectivity index (χ4v) is 2.21. The smallest absolute Gasteiger partial charge is 0.284 e. The van der Waals surface area contributed by atoms with E-state index in [1.165, 1.54) is 29.2 Å². The van der Waals surface area contributed by atoms with E-state index in [1.54, 1.807) is 7.05 Å². The van der Waals surface area contributed by atoms with Crippen LogP contribution >= 0.6 is 22.9 Å². The van der Waals surface area contributed by atoms with Crippen LogP contribution in [0.5, 0.6) is 5.75 Å². The average Bonchev–Trinajstić information content (AvgIpc) is 2.86. The first kappa shape index (κ1) is 14.7. The van der Waals surface area contributed by atoms with Gasteiger partial charge < -0.3 is 9.64 Å². The molecule has 0 N–H and O–H groups in total. The number of hydrogen-bond donors (Lipinski definition) is 0. The first-order valence-electron chi connectivity index (χ1n) is 5.69. The van der Waals surface area contributed by atoms with Crippen molar-refractivity contribution in [3.63, 3.8) is 0 Å². The molecule has 8 heteroatoms. The van der Waals surface area contributed by atoms with Gasteiger partial charge in [-0.1, -0.05) is 11.3 Å². The lowest BCUT2D eigenvalue weighted by Crippen LogP contribution is -2.30. The second-order valence-corrected chi connectivity index (χ2v) is 5.45. The molecule has 106 valence electrons. The third-order valence-electron chi connectivity index (χ3n) is 2.44. The Balaban J connectivity index is 1.81. The number of benzene rings is 1. The molecule has 20 heavy (non-hydrogen) atoms. The highest BCUT2D eigenvalue weighted by Gasteiger charge is 2.16. The summed E-state index contributed by atoms with van der Waals surface area (Å²) in [6.07, 6.45) is 0. The topological polar surface area (TPSA) is 55.3 Å². The monoisotopic (exact) mass is 315 g/mol. The lowest BCUT2D eigenvalue weighted by molar-refractivity contribution is 0.0772. The first-order valence-corrected chi connectivity index (χ1v) is 6.88. The number of hydrogen-bond acceptors (Lipinski definition) is 5. The summed E-state index contributed by atoms with van der Waals surface area (Å²) < 4.78 is 18.3. The van der Waals surface area contributed by atoms with Crippen LogP contribution < -0.4 is 4.74 Å². The minimum Gasteiger partial charge on any atom is -0.492 e. The summed E-state index contributed by atoms with van der Waals surface area (Å²) in [6, 6.07) is 5.68. The quantitative estimate of drug-likeness (QED) is 0.850. The molecule has 0 bridgehead atoms. The van der Waals surface area contributed by atoms with Crippen molar-refractivity contribution in [2.45, 2.75) is 0 Å². The fraction of sp³-hybridized carbons (Fsp3) is 0.250. The van der Waals surface area contributed by atoms with Crippen molar-refractivity contribution in [1.82, 2.24) is 15.1 Å². The highest BCUT2D eigenvalue weighted by molar-refractivity contribution is 7.17. The maximum atomic E-state index is 12.7. The van der Waals surface area contributed by atoms with Gasteiger partial charge in [-0.2, -0.15) is 0 Å². The second-order valence-electron chi connectivity index (χ2n) is 3.89. The molecule has 0 radical (unpaired) electrons. The number of rotatable bonds is 5. The summed E-state index contributed by atoms with van der Waals surface area (Å²) in [5.74, 6) is -0.0406. The molecule has 0 fully saturated rings. The van der Waals surface area contributed by atoms with Crippen molar-refractivity contribution in [3.05, 3.63) is 39.6 Å². The number of likely N-dealkylation sites (N-methyl/N-ethyl adjacent to an activating group) is 1. The van der Waals surface area contributed by atoms with Crippen molar-refractivity contribution >= 4 is 28.8 Å². The van der Waals surface area contributed by atoms with Crippen LogP contribution in [0.1, 0.15) is 9.80 Å². The summed E-state index contributed by atoms with van der Waals surface area (Å²) in [4.78, 5) is 13.4. The number of amides is 1. The van der Waals surface area contributed by atoms with Crippen LogP contribution in [0.15, 0.2) is 24.3 Å². The van der Waals surface area contributed by atoms with E-state index in [1.807, 2.05) is 0 Å². The van der Waals surface area contributed by atoms with Crippen molar-refractivity contribution in [2.24, 2.45) is 0 Å². The van der Waals surface area contributed by atoms with Gasteiger partial charge in [-0.25, -0.2) is 4.39 Å². The van der Waals surface area contributed by atoms with E-state index in [9.17, 15) is 9.18 Å². The Labute approximate surface area is 124 Å². The van der Waals surface area contributed by atoms with Crippen molar-refractivity contribution in [1.29, 1.82) is 0 Å². The average molecular weight is 316 g/mol. The van der Waals surface area contributed by atoms with Gasteiger partial charge in [-0.15, -0.1) is 10.2 Å². The van der Waals surface area contributed by atoms with Gasteiger partial charge in [0.2, 0.25) is 9.47 Å². The zero-order valence-electron chi connectivity index (χ0n) is 10.5. The maximum Gasteiger partial charge on any atom is 0.284 e. The third-order valence-corrected chi connectivity index (χ3v) is 3.45. The van der Waals surface area contributed by atoms with Crippen LogP contribution in [0.3, 0.4) is 0 Å². The maximum absolute atomic E-state index is 12.7. The number of nitrogens with zero attached hydrogens (tertiary/aromatic N) is 3. The molecule has 2 aromatic rings. The van der Waals surface area contributed by atoms with Gasteiger partial charge in [0.15, 0.2) is 0 Å². The predicted octanol–water partition coefficient (Wildman–Crippen LogP) is 2.48. The van der Waals surface area contributed by atoms with Crippen LogP contribution in [-0.2, 0) is 0 Å². The van der Waals surface area contributed by atoms with Crippen LogP contribution in [0.2, 0.25) is 4.47 Å². The minimum absolute atomic E-state index is 0.226. The van der Waals surface area contributed by atoms with Gasteiger partial charge in [-0.3, -0.25) is 4.79 Å². The molecule has 0 aliphatic rings. The number of halogens is 2. The van der Waals surface area contributed by atoms with E-state index in [2.05, 4.69) is 10.2 Å². The summed E-state index contributed by atoms with van der Waals surface area (Å²) in [5.41, 5.74) is 0. The molecule has 0 saturated heterocycles. The van der Waals surface area contributed by atoms with Crippen LogP contribution in [0.25, 0.3) is 0 Å². The zero-order valence-corrected chi connectivity index (χ0v) is 12.1. The third kappa shape index (κ3) is 3.88. The number of aromatic nitrogens is 2. The summed E-state index contributed by atoms with van der Waals surface area (Å²) in [5, 5.41) is 7.49. The Bertz CT molecular complexity index is 591. The molecule has 1 amide bonds. The van der Waals surface area contributed by atoms with E-state index in [0.29, 0.717) is 18.9 Å². The molecule has 0 atom stereocenters. The van der Waals surface area contributed by atoms with Gasteiger partial charge in [-0.05, 0) is 35.9 Å². The lowest BCUT2D eigenvalue weighted by atomic mass is 10.3. The molecule has 1 aromatic carbocycles. The van der Waals surface area contributed by atoms with Crippen LogP contribution in [0.4, 0.5) is 4.39 Å². The van der Waals surface area contributed by atoms with E-state index in [0.717, 1.165) is 11.3 Å². The molecule has 0 aliphatic carbocycles. The molecule has 1 aromatic heterocycles. The van der Waals surface area contributed by atoms with E-state index >= 15 is 0 Å². The molecule has 0 unspecified atom stereocenters. The number of carbonyl (C=O) groups excluding carboxylic acids is 1. The van der Waals surface area contributed by atoms with E-state index < -0.39 is 0 Å². The van der Waals surface area contributed by atoms with E-state index in [-0.39, 0.29) is 21.2 Å². The Morgan fingerprint density at radius 2 is 2.10 bits per heavy atom. The summed E-state index contributed by atoms with van der Waals surface area (Å²) in [6.45, 7) is 0.661. The van der Waals surface area contributed by atoms with Gasteiger partial charge >= 0.3 is 0 Å². The highest BCUT2D eigenvalue weighted by Crippen LogP contribution is 2.16. The standard InChI is InChI=1S/C12H11ClFN3O2S/c1-17(11(18)10-15-16-12(13)20-10)6-7-19-9-4-2-8(14)3-5-9/h2-5H,6-7H2,1H3. The normalized spacial score (nSPS) is 10.3. The van der Waals surface area contributed by atoms with Crippen molar-refractivity contribution < 1.29 is 13.9 Å². The van der Waals surface area contributed by atoms with Gasteiger partial charge in [0.05, 0.1) is 6.54 Å². The molecule has 1 heterocycles. The highest BCUT2D eigenvalue weighted by atomic mass is 35.5. The second kappa shape index (κ2) is 6.62. The molecule has 0 saturated carbocycles. The van der Waals surface area contributed by atoms with Gasteiger partial charge in [0.25, 0.3) is 5.91 Å². The zero-order chi connectivity index (χ0) is 14.5. The molecular weight excluding hydrogens is 305 g/mol. The number of ether oxygens (including phenoxy) is 1. The predicted molar refractivity (Wildman–Crippen MR) is 73.8 cm³/mol. The van der Waals surface area contributed by atoms with Crippen LogP contribution in [0, 0.1) is 5.82 Å². The Morgan fingerprint density at radius 1 is 1.40 bits per heavy atom. The Hall–Kier alpha value is -1.73. The van der Waals surface area contributed by atoms with E-state index in [4.69, 9.17) is 16.3 Å². The lowest BCUT2D eigenvalue weighted by Gasteiger charge is -2.15. The van der Waals surface area contributed by atoms with Gasteiger partial charge in [0, 0.05) is 7.05 Å². The number of carbonyl (C=O) groups is 1. The largest absolute Gasteiger partial charge is 0.492 e. The SMILES string of the molecule is CN(CCOc1ccc(F)cc1)C(=O)c1nnc(Cl)s1. The molecule has 5 nitrogen and oxygen atoms in total. The Kier molecular flexibility index (Phi) is 4.86. The molecular formula is C12H11ClFN3O2S. The minimum atomic E-state index is -0.321. The van der Waals surface area contributed by atoms with Crippen molar-refractivity contribution in [3.8, 4) is 5.75 Å². The first-order chi connectivity index (χ1) is 9.56. The Morgan fingerprint density at radius 3 is 2.70 bits per heavy atom. The van der Waals surface area contributed by atoms with Crippen LogP contribution in [-0.4, -0.2) is 41.2 Å². The summed E-state index contributed by atoms with van der Waals surface area (Å²) >= 11 is 6.65. The molecule has 2 rings (SSSR count). The van der Waals surface area contributed by atoms with Gasteiger partial charge in [0.1, 0.15) is 18.2 Å².